The molecule has 2 bridgehead atoms. The molecule has 76 valence electrons. The third-order valence-corrected chi connectivity index (χ3v) is 4.51. The Balaban J connectivity index is 1.77. The molecule has 2 aliphatic carbocycles. The lowest BCUT2D eigenvalue weighted by Crippen LogP contribution is -2.21. The van der Waals surface area contributed by atoms with E-state index in [0.29, 0.717) is 0 Å². The molecule has 2 saturated carbocycles. The van der Waals surface area contributed by atoms with Gasteiger partial charge in [0, 0.05) is 18.4 Å². The Kier molecular flexibility index (Phi) is 1.93. The first-order chi connectivity index (χ1) is 6.84. The van der Waals surface area contributed by atoms with Crippen LogP contribution in [0.4, 0.5) is 0 Å². The summed E-state index contributed by atoms with van der Waals surface area (Å²) in [6, 6.07) is 5.01. The van der Waals surface area contributed by atoms with Gasteiger partial charge in [-0.25, -0.2) is 0 Å². The fraction of sp³-hybridized carbons (Fsp3) is 0.692. The van der Waals surface area contributed by atoms with Crippen LogP contribution in [0.2, 0.25) is 0 Å². The van der Waals surface area contributed by atoms with Gasteiger partial charge in [-0.1, -0.05) is 6.42 Å². The van der Waals surface area contributed by atoms with Gasteiger partial charge in [0.2, 0.25) is 0 Å². The number of hydrogen-bond donors (Lipinski definition) is 0. The van der Waals surface area contributed by atoms with Crippen molar-refractivity contribution >= 4 is 0 Å². The highest BCUT2D eigenvalue weighted by Gasteiger charge is 2.41. The van der Waals surface area contributed by atoms with Gasteiger partial charge in [0.25, 0.3) is 0 Å². The van der Waals surface area contributed by atoms with Crippen LogP contribution >= 0.6 is 0 Å². The Hall–Kier alpha value is -0.720. The summed E-state index contributed by atoms with van der Waals surface area (Å²) in [7, 11) is 0. The summed E-state index contributed by atoms with van der Waals surface area (Å²) in [5, 5.41) is 0. The van der Waals surface area contributed by atoms with Crippen LogP contribution in [0.1, 0.15) is 38.6 Å². The van der Waals surface area contributed by atoms with Crippen molar-refractivity contribution in [3.8, 4) is 0 Å². The maximum absolute atomic E-state index is 2.39. The van der Waals surface area contributed by atoms with E-state index in [0.717, 1.165) is 23.8 Å². The van der Waals surface area contributed by atoms with E-state index in [9.17, 15) is 0 Å². The Morgan fingerprint density at radius 3 is 2.50 bits per heavy atom. The molecule has 3 rings (SSSR count). The summed E-state index contributed by atoms with van der Waals surface area (Å²) in [5.41, 5.74) is 0. The number of hydrogen-bond acceptors (Lipinski definition) is 0. The van der Waals surface area contributed by atoms with Crippen LogP contribution in [0.3, 0.4) is 0 Å². The van der Waals surface area contributed by atoms with Crippen LogP contribution in [0.25, 0.3) is 0 Å². The molecule has 1 heteroatoms. The number of aromatic nitrogens is 1. The largest absolute Gasteiger partial charge is 0.351 e. The van der Waals surface area contributed by atoms with E-state index in [2.05, 4.69) is 36.0 Å². The lowest BCUT2D eigenvalue weighted by Gasteiger charge is -2.28. The summed E-state index contributed by atoms with van der Waals surface area (Å²) in [6.45, 7) is 2.39. The van der Waals surface area contributed by atoms with E-state index in [1.165, 1.54) is 25.7 Å². The smallest absolute Gasteiger partial charge is 0.0333 e. The zero-order valence-electron chi connectivity index (χ0n) is 8.89. The van der Waals surface area contributed by atoms with Crippen LogP contribution in [0, 0.1) is 17.8 Å². The molecule has 1 aromatic rings. The Morgan fingerprint density at radius 2 is 1.93 bits per heavy atom. The van der Waals surface area contributed by atoms with Crippen LogP contribution in [0.15, 0.2) is 24.5 Å². The van der Waals surface area contributed by atoms with Gasteiger partial charge in [-0.3, -0.25) is 0 Å². The zero-order valence-corrected chi connectivity index (χ0v) is 8.89. The van der Waals surface area contributed by atoms with E-state index in [1.807, 2.05) is 0 Å². The fourth-order valence-corrected chi connectivity index (χ4v) is 3.73. The third kappa shape index (κ3) is 1.22. The van der Waals surface area contributed by atoms with Gasteiger partial charge in [0.05, 0.1) is 0 Å². The van der Waals surface area contributed by atoms with Crippen molar-refractivity contribution in [2.75, 3.05) is 0 Å². The van der Waals surface area contributed by atoms with E-state index in [4.69, 9.17) is 0 Å². The zero-order chi connectivity index (χ0) is 9.54. The van der Waals surface area contributed by atoms with Gasteiger partial charge in [-0.05, 0) is 56.1 Å². The average molecular weight is 189 g/mol. The predicted octanol–water partition coefficient (Wildman–Crippen LogP) is 3.49. The van der Waals surface area contributed by atoms with Crippen molar-refractivity contribution in [2.45, 2.75) is 38.6 Å². The van der Waals surface area contributed by atoms with Gasteiger partial charge in [-0.15, -0.1) is 0 Å². The molecule has 2 aliphatic rings. The second-order valence-electron chi connectivity index (χ2n) is 5.21. The van der Waals surface area contributed by atoms with Gasteiger partial charge >= 0.3 is 0 Å². The molecule has 0 saturated heterocycles. The molecule has 0 aromatic carbocycles. The van der Waals surface area contributed by atoms with Gasteiger partial charge < -0.3 is 4.57 Å². The predicted molar refractivity (Wildman–Crippen MR) is 58.1 cm³/mol. The van der Waals surface area contributed by atoms with Crippen molar-refractivity contribution in [3.63, 3.8) is 0 Å². The molecule has 0 aliphatic heterocycles. The second-order valence-corrected chi connectivity index (χ2v) is 5.21. The third-order valence-electron chi connectivity index (χ3n) is 4.51. The Bertz CT molecular complexity index is 301. The summed E-state index contributed by atoms with van der Waals surface area (Å²) in [6.07, 6.45) is 10.5. The molecular weight excluding hydrogens is 170 g/mol. The highest BCUT2D eigenvalue weighted by Crippen LogP contribution is 2.51. The molecule has 0 N–H and O–H groups in total. The molecule has 1 aromatic heterocycles. The van der Waals surface area contributed by atoms with Crippen LogP contribution < -0.4 is 0 Å². The number of nitrogens with zero attached hydrogens (tertiary/aromatic N) is 1. The highest BCUT2D eigenvalue weighted by molar-refractivity contribution is 4.98. The highest BCUT2D eigenvalue weighted by atomic mass is 15.0. The summed E-state index contributed by atoms with van der Waals surface area (Å²) in [5.74, 6) is 3.07. The average Bonchev–Trinajstić information content (AvgIpc) is 2.93. The first kappa shape index (κ1) is 8.58. The van der Waals surface area contributed by atoms with Crippen molar-refractivity contribution < 1.29 is 0 Å². The van der Waals surface area contributed by atoms with Crippen molar-refractivity contribution in [1.29, 1.82) is 0 Å². The quantitative estimate of drug-likeness (QED) is 0.671. The molecule has 2 fully saturated rings. The fourth-order valence-electron chi connectivity index (χ4n) is 3.73. The molecule has 0 radical (unpaired) electrons. The van der Waals surface area contributed by atoms with Gasteiger partial charge in [-0.2, -0.15) is 0 Å². The minimum Gasteiger partial charge on any atom is -0.351 e. The molecule has 14 heavy (non-hydrogen) atoms. The van der Waals surface area contributed by atoms with Crippen LogP contribution in [-0.2, 0) is 0 Å². The number of rotatable bonds is 2. The maximum Gasteiger partial charge on any atom is 0.0333 e. The molecule has 1 nitrogen and oxygen atoms in total. The van der Waals surface area contributed by atoms with E-state index in [-0.39, 0.29) is 0 Å². The second kappa shape index (κ2) is 3.15. The monoisotopic (exact) mass is 189 g/mol. The number of fused-ring (bicyclic) bond motifs is 2. The van der Waals surface area contributed by atoms with Gasteiger partial charge in [0.15, 0.2) is 0 Å². The minimum absolute atomic E-state index is 0.722. The van der Waals surface area contributed by atoms with Crippen molar-refractivity contribution in [1.82, 2.24) is 4.57 Å². The van der Waals surface area contributed by atoms with Crippen molar-refractivity contribution in [2.24, 2.45) is 17.8 Å². The minimum atomic E-state index is 0.722. The Morgan fingerprint density at radius 1 is 1.14 bits per heavy atom. The van der Waals surface area contributed by atoms with Gasteiger partial charge in [0.1, 0.15) is 0 Å². The Labute approximate surface area is 86.1 Å². The topological polar surface area (TPSA) is 4.93 Å². The molecular formula is C13H19N. The summed E-state index contributed by atoms with van der Waals surface area (Å²) >= 11 is 0. The summed E-state index contributed by atoms with van der Waals surface area (Å²) < 4.78 is 2.39. The van der Waals surface area contributed by atoms with Crippen molar-refractivity contribution in [3.05, 3.63) is 24.5 Å². The lowest BCUT2D eigenvalue weighted by molar-refractivity contribution is 0.243. The standard InChI is InChI=1S/C13H19N/c1-10(14-6-2-3-7-14)13-9-11-4-5-12(13)8-11/h2-3,6-7,10-13H,4-5,8-9H2,1H3. The van der Waals surface area contributed by atoms with E-state index < -0.39 is 0 Å². The first-order valence-electron chi connectivity index (χ1n) is 5.97. The SMILES string of the molecule is CC(C1CC2CCC1C2)n1cccc1. The molecule has 4 atom stereocenters. The summed E-state index contributed by atoms with van der Waals surface area (Å²) in [4.78, 5) is 0. The molecule has 0 spiro atoms. The van der Waals surface area contributed by atoms with Crippen LogP contribution in [-0.4, -0.2) is 4.57 Å². The normalized spacial score (nSPS) is 37.6. The molecule has 0 amide bonds. The first-order valence-corrected chi connectivity index (χ1v) is 5.97. The van der Waals surface area contributed by atoms with E-state index >= 15 is 0 Å². The van der Waals surface area contributed by atoms with E-state index in [1.54, 1.807) is 0 Å². The van der Waals surface area contributed by atoms with Crippen LogP contribution in [0.5, 0.6) is 0 Å². The molecule has 1 heterocycles. The lowest BCUT2D eigenvalue weighted by atomic mass is 9.84. The molecule has 4 unspecified atom stereocenters. The maximum atomic E-state index is 2.39.